The van der Waals surface area contributed by atoms with Crippen molar-refractivity contribution >= 4 is 17.8 Å². The maximum atomic E-state index is 6.39. The highest BCUT2D eigenvalue weighted by Crippen LogP contribution is 2.23. The summed E-state index contributed by atoms with van der Waals surface area (Å²) < 4.78 is 0. The molecule has 0 bridgehead atoms. The van der Waals surface area contributed by atoms with Crippen molar-refractivity contribution in [1.29, 1.82) is 0 Å². The Balaban J connectivity index is 1.63. The lowest BCUT2D eigenvalue weighted by Crippen LogP contribution is -2.52. The van der Waals surface area contributed by atoms with Crippen LogP contribution in [0.2, 0.25) is 5.02 Å². The normalized spacial score (nSPS) is 25.5. The van der Waals surface area contributed by atoms with Crippen LogP contribution in [0.25, 0.3) is 0 Å². The molecule has 6 heteroatoms. The molecule has 0 aliphatic carbocycles. The van der Waals surface area contributed by atoms with Crippen molar-refractivity contribution < 1.29 is 0 Å². The van der Waals surface area contributed by atoms with E-state index in [1.807, 2.05) is 30.3 Å². The van der Waals surface area contributed by atoms with Crippen LogP contribution < -0.4 is 21.7 Å². The fourth-order valence-electron chi connectivity index (χ4n) is 2.82. The standard InChI is InChI=1S/C16H22ClN5/c17-14-3-1-2-13(10-14)16(18)21-9-6-15(22-16)20-11-12-4-7-19-8-5-12/h1-3,6,9-10,12,19-20,22H,4-5,7-8,11,18H2. The zero-order valence-electron chi connectivity index (χ0n) is 12.5. The molecule has 2 heterocycles. The van der Waals surface area contributed by atoms with Crippen molar-refractivity contribution in [1.82, 2.24) is 16.0 Å². The van der Waals surface area contributed by atoms with Crippen LogP contribution in [0.1, 0.15) is 18.4 Å². The number of allylic oxidation sites excluding steroid dienone is 1. The van der Waals surface area contributed by atoms with Crippen LogP contribution in [-0.2, 0) is 5.79 Å². The van der Waals surface area contributed by atoms with Crippen molar-refractivity contribution in [2.75, 3.05) is 19.6 Å². The molecule has 22 heavy (non-hydrogen) atoms. The Morgan fingerprint density at radius 1 is 1.36 bits per heavy atom. The first kappa shape index (κ1) is 15.3. The second kappa shape index (κ2) is 6.69. The van der Waals surface area contributed by atoms with Gasteiger partial charge in [-0.05, 0) is 50.1 Å². The zero-order chi connectivity index (χ0) is 15.4. The van der Waals surface area contributed by atoms with E-state index in [1.165, 1.54) is 12.8 Å². The van der Waals surface area contributed by atoms with Gasteiger partial charge in [-0.3, -0.25) is 5.73 Å². The maximum absolute atomic E-state index is 6.39. The van der Waals surface area contributed by atoms with Crippen molar-refractivity contribution in [2.24, 2.45) is 16.6 Å². The first-order valence-electron chi connectivity index (χ1n) is 7.69. The molecule has 1 saturated heterocycles. The molecule has 2 aliphatic heterocycles. The maximum Gasteiger partial charge on any atom is 0.210 e. The highest BCUT2D eigenvalue weighted by atomic mass is 35.5. The molecule has 5 N–H and O–H groups in total. The third-order valence-electron chi connectivity index (χ3n) is 4.15. The molecule has 3 rings (SSSR count). The smallest absolute Gasteiger partial charge is 0.210 e. The van der Waals surface area contributed by atoms with Crippen LogP contribution in [0.4, 0.5) is 0 Å². The predicted octanol–water partition coefficient (Wildman–Crippen LogP) is 1.51. The number of nitrogens with two attached hydrogens (primary N) is 1. The molecule has 5 nitrogen and oxygen atoms in total. The van der Waals surface area contributed by atoms with Crippen LogP contribution in [0, 0.1) is 5.92 Å². The summed E-state index contributed by atoms with van der Waals surface area (Å²) in [7, 11) is 0. The molecule has 0 spiro atoms. The molecule has 0 radical (unpaired) electrons. The number of aliphatic imine (C=N–C) groups is 1. The summed E-state index contributed by atoms with van der Waals surface area (Å²) in [6.07, 6.45) is 6.06. The van der Waals surface area contributed by atoms with E-state index in [1.54, 1.807) is 6.21 Å². The fourth-order valence-corrected chi connectivity index (χ4v) is 3.01. The Labute approximate surface area is 136 Å². The number of benzene rings is 1. The van der Waals surface area contributed by atoms with E-state index >= 15 is 0 Å². The number of hydrogen-bond donors (Lipinski definition) is 4. The molecule has 1 aromatic rings. The van der Waals surface area contributed by atoms with E-state index in [0.29, 0.717) is 10.9 Å². The Morgan fingerprint density at radius 2 is 2.18 bits per heavy atom. The second-order valence-electron chi connectivity index (χ2n) is 5.83. The fraction of sp³-hybridized carbons (Fsp3) is 0.438. The first-order valence-corrected chi connectivity index (χ1v) is 8.07. The van der Waals surface area contributed by atoms with Crippen molar-refractivity contribution in [2.45, 2.75) is 18.6 Å². The molecule has 1 unspecified atom stereocenters. The van der Waals surface area contributed by atoms with Gasteiger partial charge in [-0.1, -0.05) is 23.7 Å². The minimum atomic E-state index is -0.976. The minimum absolute atomic E-state index is 0.651. The zero-order valence-corrected chi connectivity index (χ0v) is 13.2. The number of hydrogen-bond acceptors (Lipinski definition) is 5. The van der Waals surface area contributed by atoms with Gasteiger partial charge in [0.2, 0.25) is 5.79 Å². The van der Waals surface area contributed by atoms with Crippen LogP contribution >= 0.6 is 11.6 Å². The first-order chi connectivity index (χ1) is 10.7. The molecule has 0 amide bonds. The summed E-state index contributed by atoms with van der Waals surface area (Å²) >= 11 is 6.05. The van der Waals surface area contributed by atoms with E-state index in [-0.39, 0.29) is 0 Å². The third-order valence-corrected chi connectivity index (χ3v) is 4.38. The van der Waals surface area contributed by atoms with E-state index in [9.17, 15) is 0 Å². The highest BCUT2D eigenvalue weighted by Gasteiger charge is 2.28. The second-order valence-corrected chi connectivity index (χ2v) is 6.27. The summed E-state index contributed by atoms with van der Waals surface area (Å²) in [5.41, 5.74) is 7.23. The number of halogens is 1. The number of rotatable bonds is 4. The Kier molecular flexibility index (Phi) is 4.66. The van der Waals surface area contributed by atoms with Gasteiger partial charge in [0.25, 0.3) is 0 Å². The van der Waals surface area contributed by atoms with Gasteiger partial charge >= 0.3 is 0 Å². The Hall–Kier alpha value is -1.56. The molecule has 2 aliphatic rings. The summed E-state index contributed by atoms with van der Waals surface area (Å²) in [5.74, 6) is 0.619. The van der Waals surface area contributed by atoms with Gasteiger partial charge in [0.1, 0.15) is 5.82 Å². The quantitative estimate of drug-likeness (QED) is 0.679. The average molecular weight is 320 g/mol. The molecule has 1 atom stereocenters. The average Bonchev–Trinajstić information content (AvgIpc) is 2.54. The molecular formula is C16H22ClN5. The summed E-state index contributed by atoms with van der Waals surface area (Å²) in [6, 6.07) is 7.46. The molecule has 118 valence electrons. The SMILES string of the molecule is NC1(c2cccc(Cl)c2)N=CC=C(NCC2CCNCC2)N1. The molecule has 1 aromatic carbocycles. The van der Waals surface area contributed by atoms with Gasteiger partial charge in [-0.15, -0.1) is 0 Å². The molecule has 0 saturated carbocycles. The van der Waals surface area contributed by atoms with Crippen molar-refractivity contribution in [3.05, 3.63) is 46.7 Å². The number of nitrogens with zero attached hydrogens (tertiary/aromatic N) is 1. The molecule has 1 fully saturated rings. The van der Waals surface area contributed by atoms with Gasteiger partial charge < -0.3 is 16.0 Å². The molecular weight excluding hydrogens is 298 g/mol. The summed E-state index contributed by atoms with van der Waals surface area (Å²) in [4.78, 5) is 4.37. The van der Waals surface area contributed by atoms with Gasteiger partial charge in [-0.2, -0.15) is 0 Å². The lowest BCUT2D eigenvalue weighted by Gasteiger charge is -2.33. The largest absolute Gasteiger partial charge is 0.371 e. The predicted molar refractivity (Wildman–Crippen MR) is 90.6 cm³/mol. The van der Waals surface area contributed by atoms with Crippen LogP contribution in [0.15, 0.2) is 41.2 Å². The van der Waals surface area contributed by atoms with Gasteiger partial charge in [-0.25, -0.2) is 4.99 Å². The summed E-state index contributed by atoms with van der Waals surface area (Å²) in [6.45, 7) is 3.15. The van der Waals surface area contributed by atoms with Crippen molar-refractivity contribution in [3.8, 4) is 0 Å². The van der Waals surface area contributed by atoms with Crippen molar-refractivity contribution in [3.63, 3.8) is 0 Å². The topological polar surface area (TPSA) is 74.5 Å². The number of nitrogens with one attached hydrogen (secondary N) is 3. The van der Waals surface area contributed by atoms with Crippen LogP contribution in [-0.4, -0.2) is 25.8 Å². The minimum Gasteiger partial charge on any atom is -0.371 e. The van der Waals surface area contributed by atoms with Crippen LogP contribution in [0.3, 0.4) is 0 Å². The van der Waals surface area contributed by atoms with E-state index < -0.39 is 5.79 Å². The van der Waals surface area contributed by atoms with Gasteiger partial charge in [0.05, 0.1) is 0 Å². The lowest BCUT2D eigenvalue weighted by molar-refractivity contribution is 0.342. The monoisotopic (exact) mass is 319 g/mol. The van der Waals surface area contributed by atoms with E-state index in [0.717, 1.165) is 31.0 Å². The molecule has 0 aromatic heterocycles. The van der Waals surface area contributed by atoms with Gasteiger partial charge in [0.15, 0.2) is 0 Å². The summed E-state index contributed by atoms with van der Waals surface area (Å²) in [5, 5.41) is 10.7. The highest BCUT2D eigenvalue weighted by molar-refractivity contribution is 6.30. The lowest BCUT2D eigenvalue weighted by atomic mass is 9.98. The third kappa shape index (κ3) is 3.61. The Bertz CT molecular complexity index is 580. The van der Waals surface area contributed by atoms with Crippen LogP contribution in [0.5, 0.6) is 0 Å². The van der Waals surface area contributed by atoms with Gasteiger partial charge in [0, 0.05) is 23.3 Å². The Morgan fingerprint density at radius 3 is 2.95 bits per heavy atom. The number of piperidine rings is 1. The van der Waals surface area contributed by atoms with E-state index in [4.69, 9.17) is 17.3 Å². The van der Waals surface area contributed by atoms with E-state index in [2.05, 4.69) is 20.9 Å².